The quantitative estimate of drug-likeness (QED) is 0.471. The fourth-order valence-corrected chi connectivity index (χ4v) is 4.07. The molecule has 9 heteroatoms. The van der Waals surface area contributed by atoms with Gasteiger partial charge in [-0.05, 0) is 31.3 Å². The molecule has 31 heavy (non-hydrogen) atoms. The van der Waals surface area contributed by atoms with E-state index in [0.717, 1.165) is 65.3 Å². The Balaban J connectivity index is 1.44. The van der Waals surface area contributed by atoms with Gasteiger partial charge >= 0.3 is 0 Å². The number of fused-ring (bicyclic) bond motifs is 2. The van der Waals surface area contributed by atoms with Gasteiger partial charge in [-0.15, -0.1) is 0 Å². The zero-order valence-corrected chi connectivity index (χ0v) is 17.1. The van der Waals surface area contributed by atoms with Gasteiger partial charge in [0.1, 0.15) is 16.7 Å². The van der Waals surface area contributed by atoms with Gasteiger partial charge < -0.3 is 14.8 Å². The van der Waals surface area contributed by atoms with Gasteiger partial charge in [-0.25, -0.2) is 9.97 Å². The number of benzene rings is 1. The first-order valence-electron chi connectivity index (χ1n) is 10.3. The van der Waals surface area contributed by atoms with Crippen molar-refractivity contribution in [2.75, 3.05) is 38.1 Å². The Kier molecular flexibility index (Phi) is 4.13. The number of aromatic nitrogens is 7. The molecule has 0 unspecified atom stereocenters. The number of rotatable bonds is 3. The standard InChI is InChI=1S/C22H21N9/c1-30-9-11-31(12-10-30)18-4-2-3-15-19(18)27-22(26-15)21-20-16(28-29-21)6-5-14(25-20)17-13-23-7-8-24-17/h2-8,13H,9-12H2,1H3,(H,26,27)(H,28,29). The van der Waals surface area contributed by atoms with Crippen molar-refractivity contribution in [1.29, 1.82) is 0 Å². The molecule has 2 N–H and O–H groups in total. The van der Waals surface area contributed by atoms with Crippen LogP contribution in [0.4, 0.5) is 5.69 Å². The Morgan fingerprint density at radius 2 is 1.77 bits per heavy atom. The summed E-state index contributed by atoms with van der Waals surface area (Å²) in [5.74, 6) is 0.701. The highest BCUT2D eigenvalue weighted by Crippen LogP contribution is 2.31. The van der Waals surface area contributed by atoms with E-state index in [-0.39, 0.29) is 0 Å². The van der Waals surface area contributed by atoms with E-state index in [9.17, 15) is 0 Å². The Hall–Kier alpha value is -3.85. The monoisotopic (exact) mass is 411 g/mol. The first-order valence-corrected chi connectivity index (χ1v) is 10.3. The van der Waals surface area contributed by atoms with E-state index in [1.165, 1.54) is 0 Å². The van der Waals surface area contributed by atoms with Crippen LogP contribution >= 0.6 is 0 Å². The van der Waals surface area contributed by atoms with Crippen LogP contribution in [0.2, 0.25) is 0 Å². The molecular weight excluding hydrogens is 390 g/mol. The highest BCUT2D eigenvalue weighted by atomic mass is 15.3. The molecule has 0 saturated carbocycles. The third-order valence-corrected chi connectivity index (χ3v) is 5.79. The summed E-state index contributed by atoms with van der Waals surface area (Å²) >= 11 is 0. The molecule has 0 spiro atoms. The van der Waals surface area contributed by atoms with E-state index < -0.39 is 0 Å². The molecule has 1 fully saturated rings. The lowest BCUT2D eigenvalue weighted by molar-refractivity contribution is 0.313. The maximum Gasteiger partial charge on any atom is 0.161 e. The number of nitrogens with one attached hydrogen (secondary N) is 2. The SMILES string of the molecule is CN1CCN(c2cccc3[nH]c(-c4n[nH]c5ccc(-c6cnccn6)nc45)nc23)CC1. The normalized spacial score (nSPS) is 15.2. The minimum Gasteiger partial charge on any atom is -0.367 e. The second kappa shape index (κ2) is 7.13. The van der Waals surface area contributed by atoms with Crippen molar-refractivity contribution < 1.29 is 0 Å². The maximum atomic E-state index is 4.94. The number of piperazine rings is 1. The van der Waals surface area contributed by atoms with Crippen LogP contribution in [0.1, 0.15) is 0 Å². The topological polar surface area (TPSA) is 103 Å². The molecule has 1 saturated heterocycles. The van der Waals surface area contributed by atoms with Gasteiger partial charge in [-0.1, -0.05) is 6.07 Å². The maximum absolute atomic E-state index is 4.94. The van der Waals surface area contributed by atoms with E-state index in [4.69, 9.17) is 9.97 Å². The first kappa shape index (κ1) is 18.0. The third kappa shape index (κ3) is 3.10. The lowest BCUT2D eigenvalue weighted by atomic mass is 10.2. The molecule has 0 amide bonds. The number of aromatic amines is 2. The molecule has 0 aliphatic carbocycles. The summed E-state index contributed by atoms with van der Waals surface area (Å²) < 4.78 is 0. The number of pyridine rings is 1. The Morgan fingerprint density at radius 3 is 2.61 bits per heavy atom. The van der Waals surface area contributed by atoms with Gasteiger partial charge in [0.25, 0.3) is 0 Å². The summed E-state index contributed by atoms with van der Waals surface area (Å²) in [6, 6.07) is 10.1. The smallest absolute Gasteiger partial charge is 0.161 e. The molecule has 1 aliphatic rings. The summed E-state index contributed by atoms with van der Waals surface area (Å²) in [5, 5.41) is 7.58. The summed E-state index contributed by atoms with van der Waals surface area (Å²) in [6.07, 6.45) is 5.02. The van der Waals surface area contributed by atoms with Gasteiger partial charge in [0.2, 0.25) is 0 Å². The third-order valence-electron chi connectivity index (χ3n) is 5.79. The average Bonchev–Trinajstić information content (AvgIpc) is 3.43. The lowest BCUT2D eigenvalue weighted by Gasteiger charge is -2.34. The van der Waals surface area contributed by atoms with Crippen LogP contribution in [-0.2, 0) is 0 Å². The molecule has 4 aromatic heterocycles. The highest BCUT2D eigenvalue weighted by Gasteiger charge is 2.20. The molecule has 154 valence electrons. The van der Waals surface area contributed by atoms with Crippen LogP contribution in [0.3, 0.4) is 0 Å². The van der Waals surface area contributed by atoms with Crippen molar-refractivity contribution in [3.63, 3.8) is 0 Å². The number of hydrogen-bond acceptors (Lipinski definition) is 7. The molecular formula is C22H21N9. The van der Waals surface area contributed by atoms with Crippen LogP contribution in [0.15, 0.2) is 48.9 Å². The fraction of sp³-hybridized carbons (Fsp3) is 0.227. The average molecular weight is 411 g/mol. The van der Waals surface area contributed by atoms with Crippen molar-refractivity contribution >= 4 is 27.8 Å². The van der Waals surface area contributed by atoms with Crippen molar-refractivity contribution in [2.24, 2.45) is 0 Å². The fourth-order valence-electron chi connectivity index (χ4n) is 4.07. The predicted molar refractivity (Wildman–Crippen MR) is 120 cm³/mol. The highest BCUT2D eigenvalue weighted by molar-refractivity contribution is 5.94. The largest absolute Gasteiger partial charge is 0.367 e. The second-order valence-electron chi connectivity index (χ2n) is 7.80. The number of anilines is 1. The van der Waals surface area contributed by atoms with Gasteiger partial charge in [-0.2, -0.15) is 5.10 Å². The summed E-state index contributed by atoms with van der Waals surface area (Å²) in [6.45, 7) is 4.08. The van der Waals surface area contributed by atoms with Gasteiger partial charge in [0, 0.05) is 38.6 Å². The molecule has 0 atom stereocenters. The first-order chi connectivity index (χ1) is 15.3. The van der Waals surface area contributed by atoms with Gasteiger partial charge in [0.05, 0.1) is 28.6 Å². The van der Waals surface area contributed by atoms with Crippen LogP contribution < -0.4 is 4.90 Å². The molecule has 9 nitrogen and oxygen atoms in total. The summed E-state index contributed by atoms with van der Waals surface area (Å²) in [7, 11) is 2.16. The number of para-hydroxylation sites is 1. The Bertz CT molecular complexity index is 1360. The number of likely N-dealkylation sites (N-methyl/N-ethyl adjacent to an activating group) is 1. The second-order valence-corrected chi connectivity index (χ2v) is 7.80. The van der Waals surface area contributed by atoms with Crippen LogP contribution in [-0.4, -0.2) is 73.2 Å². The summed E-state index contributed by atoms with van der Waals surface area (Å²) in [4.78, 5) is 26.4. The number of imidazole rings is 1. The lowest BCUT2D eigenvalue weighted by Crippen LogP contribution is -2.44. The van der Waals surface area contributed by atoms with Gasteiger partial charge in [0.15, 0.2) is 11.5 Å². The molecule has 5 aromatic rings. The van der Waals surface area contributed by atoms with E-state index in [1.807, 2.05) is 12.1 Å². The van der Waals surface area contributed by atoms with E-state index in [1.54, 1.807) is 18.6 Å². The van der Waals surface area contributed by atoms with Crippen molar-refractivity contribution in [2.45, 2.75) is 0 Å². The Labute approximate surface area is 178 Å². The van der Waals surface area contributed by atoms with Crippen LogP contribution in [0.5, 0.6) is 0 Å². The van der Waals surface area contributed by atoms with Crippen LogP contribution in [0.25, 0.3) is 45.0 Å². The van der Waals surface area contributed by atoms with E-state index >= 15 is 0 Å². The molecule has 1 aliphatic heterocycles. The molecule has 6 rings (SSSR count). The van der Waals surface area contributed by atoms with Crippen LogP contribution in [0, 0.1) is 0 Å². The number of H-pyrrole nitrogens is 2. The molecule has 5 heterocycles. The molecule has 0 radical (unpaired) electrons. The van der Waals surface area contributed by atoms with Gasteiger partial charge in [-0.3, -0.25) is 15.1 Å². The van der Waals surface area contributed by atoms with Crippen molar-refractivity contribution in [1.82, 2.24) is 40.0 Å². The molecule has 1 aromatic carbocycles. The van der Waals surface area contributed by atoms with E-state index in [2.05, 4.69) is 60.2 Å². The van der Waals surface area contributed by atoms with Crippen molar-refractivity contribution in [3.05, 3.63) is 48.9 Å². The molecule has 0 bridgehead atoms. The van der Waals surface area contributed by atoms with Crippen molar-refractivity contribution in [3.8, 4) is 22.9 Å². The minimum absolute atomic E-state index is 0.696. The summed E-state index contributed by atoms with van der Waals surface area (Å²) in [5.41, 5.74) is 6.88. The Morgan fingerprint density at radius 1 is 0.871 bits per heavy atom. The number of hydrogen-bond donors (Lipinski definition) is 2. The predicted octanol–water partition coefficient (Wildman–Crippen LogP) is 2.71. The zero-order valence-electron chi connectivity index (χ0n) is 17.1. The minimum atomic E-state index is 0.696. The van der Waals surface area contributed by atoms with E-state index in [0.29, 0.717) is 11.5 Å². The zero-order chi connectivity index (χ0) is 20.8. The number of nitrogens with zero attached hydrogens (tertiary/aromatic N) is 7.